The summed E-state index contributed by atoms with van der Waals surface area (Å²) in [4.78, 5) is 4.82. The summed E-state index contributed by atoms with van der Waals surface area (Å²) in [5, 5.41) is 5.11. The lowest BCUT2D eigenvalue weighted by Crippen LogP contribution is -2.17. The SMILES string of the molecule is c1ccc(-c2cccc(N(c3ccccc3)c3cc4c(cc3N(c3ccccc3)c3ccccc3)sc3ccc5ccccc5c34)c2)cc1. The van der Waals surface area contributed by atoms with Crippen molar-refractivity contribution in [2.24, 2.45) is 0 Å². The van der Waals surface area contributed by atoms with Gasteiger partial charge in [0, 0.05) is 42.9 Å². The Kier molecular flexibility index (Phi) is 7.38. The highest BCUT2D eigenvalue weighted by atomic mass is 32.1. The second-order valence-corrected chi connectivity index (χ2v) is 13.3. The smallest absolute Gasteiger partial charge is 0.0716 e. The van der Waals surface area contributed by atoms with Crippen molar-refractivity contribution in [1.29, 1.82) is 0 Å². The van der Waals surface area contributed by atoms with E-state index in [1.165, 1.54) is 42.1 Å². The summed E-state index contributed by atoms with van der Waals surface area (Å²) in [6.07, 6.45) is 0. The average Bonchev–Trinajstić information content (AvgIpc) is 3.55. The number of anilines is 6. The summed E-state index contributed by atoms with van der Waals surface area (Å²) in [6.45, 7) is 0. The van der Waals surface area contributed by atoms with Crippen molar-refractivity contribution in [1.82, 2.24) is 0 Å². The van der Waals surface area contributed by atoms with Gasteiger partial charge in [0.15, 0.2) is 0 Å². The van der Waals surface area contributed by atoms with Crippen LogP contribution in [0.15, 0.2) is 194 Å². The van der Waals surface area contributed by atoms with Gasteiger partial charge in [0.1, 0.15) is 0 Å². The standard InChI is InChI=1S/C46H32N2S/c1-5-16-33(17-6-1)35-19-15-26-39(30-35)48(38-24-11-4-12-25-38)42-31-41-45(49-44-29-28-34-18-13-14-27-40(34)46(41)44)32-43(42)47(36-20-7-2-8-21-36)37-22-9-3-10-23-37/h1-32H. The van der Waals surface area contributed by atoms with Gasteiger partial charge in [0.25, 0.3) is 0 Å². The second-order valence-electron chi connectivity index (χ2n) is 12.2. The van der Waals surface area contributed by atoms with Crippen LogP contribution in [0.4, 0.5) is 34.1 Å². The zero-order chi connectivity index (χ0) is 32.6. The van der Waals surface area contributed by atoms with E-state index in [4.69, 9.17) is 0 Å². The van der Waals surface area contributed by atoms with Gasteiger partial charge in [-0.2, -0.15) is 0 Å². The third-order valence-corrected chi connectivity index (χ3v) is 10.3. The van der Waals surface area contributed by atoms with E-state index in [1.54, 1.807) is 0 Å². The highest BCUT2D eigenvalue weighted by molar-refractivity contribution is 7.26. The molecule has 0 bridgehead atoms. The summed E-state index contributed by atoms with van der Waals surface area (Å²) in [5.41, 5.74) is 8.98. The monoisotopic (exact) mass is 644 g/mol. The summed E-state index contributed by atoms with van der Waals surface area (Å²) in [6, 6.07) is 69.8. The molecule has 0 aliphatic rings. The van der Waals surface area contributed by atoms with Gasteiger partial charge in [0.05, 0.1) is 11.4 Å². The molecule has 8 aromatic carbocycles. The number of rotatable bonds is 7. The molecule has 232 valence electrons. The zero-order valence-electron chi connectivity index (χ0n) is 26.8. The molecule has 9 rings (SSSR count). The molecular weight excluding hydrogens is 613 g/mol. The molecule has 0 atom stereocenters. The Labute approximate surface area is 290 Å². The summed E-state index contributed by atoms with van der Waals surface area (Å²) in [7, 11) is 0. The van der Waals surface area contributed by atoms with Crippen LogP contribution in [0, 0.1) is 0 Å². The molecule has 1 aromatic heterocycles. The van der Waals surface area contributed by atoms with E-state index in [0.717, 1.165) is 34.1 Å². The van der Waals surface area contributed by atoms with E-state index >= 15 is 0 Å². The first-order valence-corrected chi connectivity index (χ1v) is 17.4. The Balaban J connectivity index is 1.39. The first kappa shape index (κ1) is 29.0. The maximum absolute atomic E-state index is 2.43. The molecule has 0 unspecified atom stereocenters. The van der Waals surface area contributed by atoms with Gasteiger partial charge in [-0.15, -0.1) is 11.3 Å². The maximum Gasteiger partial charge on any atom is 0.0716 e. The van der Waals surface area contributed by atoms with Gasteiger partial charge in [-0.05, 0) is 88.6 Å². The van der Waals surface area contributed by atoms with Crippen LogP contribution in [-0.2, 0) is 0 Å². The average molecular weight is 645 g/mol. The molecule has 49 heavy (non-hydrogen) atoms. The Hall–Kier alpha value is -6.16. The van der Waals surface area contributed by atoms with Crippen LogP contribution in [0.3, 0.4) is 0 Å². The molecule has 0 saturated carbocycles. The lowest BCUT2D eigenvalue weighted by Gasteiger charge is -2.33. The third-order valence-electron chi connectivity index (χ3n) is 9.19. The van der Waals surface area contributed by atoms with Gasteiger partial charge in [0.2, 0.25) is 0 Å². The number of fused-ring (bicyclic) bond motifs is 5. The van der Waals surface area contributed by atoms with Crippen LogP contribution in [-0.4, -0.2) is 0 Å². The fourth-order valence-electron chi connectivity index (χ4n) is 6.97. The lowest BCUT2D eigenvalue weighted by atomic mass is 10.0. The molecule has 9 aromatic rings. The van der Waals surface area contributed by atoms with Crippen molar-refractivity contribution in [3.63, 3.8) is 0 Å². The number of benzene rings is 8. The van der Waals surface area contributed by atoms with Crippen LogP contribution < -0.4 is 9.80 Å². The molecule has 0 fully saturated rings. The molecule has 3 heteroatoms. The number of nitrogens with zero attached hydrogens (tertiary/aromatic N) is 2. The fourth-order valence-corrected chi connectivity index (χ4v) is 8.11. The van der Waals surface area contributed by atoms with Crippen molar-refractivity contribution in [2.75, 3.05) is 9.80 Å². The Morgan fingerprint density at radius 1 is 0.327 bits per heavy atom. The normalized spacial score (nSPS) is 11.3. The molecule has 0 spiro atoms. The third kappa shape index (κ3) is 5.31. The van der Waals surface area contributed by atoms with E-state index in [2.05, 4.69) is 204 Å². The van der Waals surface area contributed by atoms with Gasteiger partial charge in [-0.25, -0.2) is 0 Å². The first-order valence-electron chi connectivity index (χ1n) is 16.6. The number of hydrogen-bond acceptors (Lipinski definition) is 3. The van der Waals surface area contributed by atoms with Crippen molar-refractivity contribution < 1.29 is 0 Å². The van der Waals surface area contributed by atoms with Gasteiger partial charge in [-0.1, -0.05) is 127 Å². The fraction of sp³-hybridized carbons (Fsp3) is 0. The first-order chi connectivity index (χ1) is 24.3. The molecule has 0 aliphatic carbocycles. The minimum Gasteiger partial charge on any atom is -0.308 e. The van der Waals surface area contributed by atoms with Gasteiger partial charge < -0.3 is 9.80 Å². The van der Waals surface area contributed by atoms with Crippen LogP contribution in [0.1, 0.15) is 0 Å². The highest BCUT2D eigenvalue weighted by Gasteiger charge is 2.25. The molecule has 0 amide bonds. The van der Waals surface area contributed by atoms with Crippen LogP contribution >= 0.6 is 11.3 Å². The van der Waals surface area contributed by atoms with E-state index in [9.17, 15) is 0 Å². The number of hydrogen-bond donors (Lipinski definition) is 0. The topological polar surface area (TPSA) is 6.48 Å². The molecule has 2 nitrogen and oxygen atoms in total. The summed E-state index contributed by atoms with van der Waals surface area (Å²) < 4.78 is 2.55. The molecule has 0 saturated heterocycles. The van der Waals surface area contributed by atoms with E-state index in [-0.39, 0.29) is 0 Å². The van der Waals surface area contributed by atoms with Gasteiger partial charge >= 0.3 is 0 Å². The molecule has 0 N–H and O–H groups in total. The van der Waals surface area contributed by atoms with Crippen molar-refractivity contribution >= 4 is 76.4 Å². The predicted molar refractivity (Wildman–Crippen MR) is 212 cm³/mol. The predicted octanol–water partition coefficient (Wildman–Crippen LogP) is 13.8. The van der Waals surface area contributed by atoms with Crippen molar-refractivity contribution in [3.05, 3.63) is 194 Å². The molecule has 0 radical (unpaired) electrons. The molecule has 0 aliphatic heterocycles. The highest BCUT2D eigenvalue weighted by Crippen LogP contribution is 2.50. The van der Waals surface area contributed by atoms with Crippen LogP contribution in [0.5, 0.6) is 0 Å². The molecule has 1 heterocycles. The second kappa shape index (κ2) is 12.5. The van der Waals surface area contributed by atoms with E-state index in [0.29, 0.717) is 0 Å². The van der Waals surface area contributed by atoms with Gasteiger partial charge in [-0.3, -0.25) is 0 Å². The van der Waals surface area contributed by atoms with Crippen LogP contribution in [0.25, 0.3) is 42.1 Å². The number of thiophene rings is 1. The van der Waals surface area contributed by atoms with Crippen molar-refractivity contribution in [3.8, 4) is 11.1 Å². The zero-order valence-corrected chi connectivity index (χ0v) is 27.6. The molecular formula is C46H32N2S. The van der Waals surface area contributed by atoms with Crippen LogP contribution in [0.2, 0.25) is 0 Å². The quantitative estimate of drug-likeness (QED) is 0.170. The maximum atomic E-state index is 2.43. The minimum absolute atomic E-state index is 1.10. The lowest BCUT2D eigenvalue weighted by molar-refractivity contribution is 1.23. The summed E-state index contributed by atoms with van der Waals surface area (Å²) >= 11 is 1.87. The Morgan fingerprint density at radius 3 is 1.49 bits per heavy atom. The minimum atomic E-state index is 1.10. The Morgan fingerprint density at radius 2 is 0.837 bits per heavy atom. The Bertz CT molecular complexity index is 2500. The van der Waals surface area contributed by atoms with Crippen molar-refractivity contribution in [2.45, 2.75) is 0 Å². The summed E-state index contributed by atoms with van der Waals surface area (Å²) in [5.74, 6) is 0. The largest absolute Gasteiger partial charge is 0.308 e. The number of para-hydroxylation sites is 3. The van der Waals surface area contributed by atoms with E-state index in [1.807, 2.05) is 11.3 Å². The van der Waals surface area contributed by atoms with E-state index < -0.39 is 0 Å².